The summed E-state index contributed by atoms with van der Waals surface area (Å²) < 4.78 is 0. The third-order valence-corrected chi connectivity index (χ3v) is 4.58. The Morgan fingerprint density at radius 1 is 1.20 bits per heavy atom. The predicted octanol–water partition coefficient (Wildman–Crippen LogP) is 3.21. The lowest BCUT2D eigenvalue weighted by Crippen LogP contribution is -2.17. The molecule has 1 saturated carbocycles. The van der Waals surface area contributed by atoms with E-state index in [1.807, 2.05) is 0 Å². The van der Waals surface area contributed by atoms with E-state index in [1.165, 1.54) is 12.3 Å². The van der Waals surface area contributed by atoms with Crippen molar-refractivity contribution in [3.8, 4) is 0 Å². The average molecular weight is 380 g/mol. The van der Waals surface area contributed by atoms with Crippen molar-refractivity contribution in [3.05, 3.63) is 52.1 Å². The topological polar surface area (TPSA) is 91.3 Å². The molecule has 2 amide bonds. The summed E-state index contributed by atoms with van der Waals surface area (Å²) in [7, 11) is 0. The molecule has 2 aromatic rings. The van der Waals surface area contributed by atoms with Gasteiger partial charge in [-0.25, -0.2) is 4.98 Å². The number of rotatable bonds is 5. The first kappa shape index (κ1) is 17.7. The van der Waals surface area contributed by atoms with Crippen LogP contribution in [-0.2, 0) is 4.79 Å². The third kappa shape index (κ3) is 4.10. The Bertz CT molecular complexity index is 808. The van der Waals surface area contributed by atoms with Gasteiger partial charge in [0.15, 0.2) is 0 Å². The van der Waals surface area contributed by atoms with Crippen LogP contribution in [0.3, 0.4) is 0 Å². The second-order valence-corrected chi connectivity index (χ2v) is 6.57. The molecule has 1 aromatic carbocycles. The zero-order valence-electron chi connectivity index (χ0n) is 13.0. The molecule has 1 aliphatic rings. The van der Waals surface area contributed by atoms with Crippen LogP contribution in [0.5, 0.6) is 0 Å². The molecule has 25 heavy (non-hydrogen) atoms. The zero-order valence-corrected chi connectivity index (χ0v) is 14.5. The fourth-order valence-electron chi connectivity index (χ4n) is 2.47. The number of aliphatic hydroxyl groups is 1. The van der Waals surface area contributed by atoms with E-state index < -0.39 is 5.91 Å². The Morgan fingerprint density at radius 2 is 1.92 bits per heavy atom. The Morgan fingerprint density at radius 3 is 2.56 bits per heavy atom. The minimum Gasteiger partial charge on any atom is -0.396 e. The molecule has 0 unspecified atom stereocenters. The number of amides is 2. The number of hydrogen-bond acceptors (Lipinski definition) is 4. The molecule has 0 aliphatic heterocycles. The molecule has 0 radical (unpaired) electrons. The van der Waals surface area contributed by atoms with Crippen LogP contribution in [-0.4, -0.2) is 28.5 Å². The highest BCUT2D eigenvalue weighted by atomic mass is 35.5. The van der Waals surface area contributed by atoms with Crippen molar-refractivity contribution < 1.29 is 14.7 Å². The molecule has 130 valence electrons. The van der Waals surface area contributed by atoms with Gasteiger partial charge in [-0.05, 0) is 30.5 Å². The average Bonchev–Trinajstić information content (AvgIpc) is 3.35. The van der Waals surface area contributed by atoms with Crippen LogP contribution in [0, 0.1) is 11.8 Å². The predicted molar refractivity (Wildman–Crippen MR) is 96.0 cm³/mol. The number of aromatic nitrogens is 1. The first-order chi connectivity index (χ1) is 12.0. The van der Waals surface area contributed by atoms with Gasteiger partial charge < -0.3 is 15.7 Å². The maximum atomic E-state index is 12.4. The lowest BCUT2D eigenvalue weighted by molar-refractivity contribution is -0.117. The summed E-state index contributed by atoms with van der Waals surface area (Å²) in [5.41, 5.74) is 0.623. The van der Waals surface area contributed by atoms with Crippen LogP contribution in [0.25, 0.3) is 0 Å². The van der Waals surface area contributed by atoms with Gasteiger partial charge in [-0.3, -0.25) is 9.59 Å². The summed E-state index contributed by atoms with van der Waals surface area (Å²) in [6.45, 7) is 0.000205. The minimum absolute atomic E-state index is 0.000205. The molecular weight excluding hydrogens is 365 g/mol. The molecule has 6 nitrogen and oxygen atoms in total. The lowest BCUT2D eigenvalue weighted by Gasteiger charge is -2.10. The van der Waals surface area contributed by atoms with Crippen LogP contribution in [0.15, 0.2) is 36.5 Å². The maximum Gasteiger partial charge on any atom is 0.258 e. The highest BCUT2D eigenvalue weighted by Gasteiger charge is 2.42. The Balaban J connectivity index is 1.69. The summed E-state index contributed by atoms with van der Waals surface area (Å²) in [6, 6.07) is 7.93. The van der Waals surface area contributed by atoms with Gasteiger partial charge in [0.05, 0.1) is 15.6 Å². The molecule has 1 aliphatic carbocycles. The van der Waals surface area contributed by atoms with Crippen molar-refractivity contribution in [2.45, 2.75) is 6.42 Å². The molecule has 2 atom stereocenters. The van der Waals surface area contributed by atoms with Gasteiger partial charge in [-0.15, -0.1) is 0 Å². The SMILES string of the molecule is O=C(Nc1ccnc(NC(=O)[C@H]2C[C@H]2CO)c1)c1c(Cl)cccc1Cl. The maximum absolute atomic E-state index is 12.4. The number of anilines is 2. The van der Waals surface area contributed by atoms with Crippen molar-refractivity contribution in [1.29, 1.82) is 0 Å². The van der Waals surface area contributed by atoms with Crippen molar-refractivity contribution in [3.63, 3.8) is 0 Å². The van der Waals surface area contributed by atoms with E-state index in [-0.39, 0.29) is 40.0 Å². The van der Waals surface area contributed by atoms with Crippen molar-refractivity contribution in [2.24, 2.45) is 11.8 Å². The van der Waals surface area contributed by atoms with Crippen LogP contribution >= 0.6 is 23.2 Å². The number of hydrogen-bond donors (Lipinski definition) is 3. The van der Waals surface area contributed by atoms with Crippen molar-refractivity contribution in [2.75, 3.05) is 17.2 Å². The molecule has 8 heteroatoms. The fraction of sp³-hybridized carbons (Fsp3) is 0.235. The lowest BCUT2D eigenvalue weighted by atomic mass is 10.2. The number of benzene rings is 1. The van der Waals surface area contributed by atoms with E-state index in [1.54, 1.807) is 24.3 Å². The molecule has 1 fully saturated rings. The fourth-order valence-corrected chi connectivity index (χ4v) is 3.04. The van der Waals surface area contributed by atoms with E-state index >= 15 is 0 Å². The standard InChI is InChI=1S/C17H15Cl2N3O3/c18-12-2-1-3-13(19)15(12)17(25)21-10-4-5-20-14(7-10)22-16(24)11-6-9(11)8-23/h1-5,7,9,11,23H,6,8H2,(H2,20,21,22,24,25)/t9-,11-/m0/s1. The van der Waals surface area contributed by atoms with E-state index in [9.17, 15) is 9.59 Å². The number of nitrogens with zero attached hydrogens (tertiary/aromatic N) is 1. The van der Waals surface area contributed by atoms with E-state index in [0.717, 1.165) is 0 Å². The second kappa shape index (κ2) is 7.39. The Labute approximate surface area is 154 Å². The molecule has 1 aromatic heterocycles. The number of carbonyl (C=O) groups is 2. The number of halogens is 2. The third-order valence-electron chi connectivity index (χ3n) is 3.95. The molecule has 3 rings (SSSR count). The molecule has 0 bridgehead atoms. The van der Waals surface area contributed by atoms with Gasteiger partial charge in [0.1, 0.15) is 5.82 Å². The second-order valence-electron chi connectivity index (χ2n) is 5.75. The Kier molecular flexibility index (Phi) is 5.22. The molecular formula is C17H15Cl2N3O3. The van der Waals surface area contributed by atoms with Gasteiger partial charge in [0.2, 0.25) is 5.91 Å². The van der Waals surface area contributed by atoms with Crippen LogP contribution in [0.1, 0.15) is 16.8 Å². The van der Waals surface area contributed by atoms with Gasteiger partial charge in [0, 0.05) is 30.5 Å². The summed E-state index contributed by atoms with van der Waals surface area (Å²) in [4.78, 5) is 28.4. The van der Waals surface area contributed by atoms with Gasteiger partial charge in [-0.2, -0.15) is 0 Å². The quantitative estimate of drug-likeness (QED) is 0.743. The summed E-state index contributed by atoms with van der Waals surface area (Å²) >= 11 is 12.0. The van der Waals surface area contributed by atoms with Crippen LogP contribution in [0.4, 0.5) is 11.5 Å². The highest BCUT2D eigenvalue weighted by molar-refractivity contribution is 6.40. The van der Waals surface area contributed by atoms with E-state index in [4.69, 9.17) is 28.3 Å². The van der Waals surface area contributed by atoms with Crippen LogP contribution in [0.2, 0.25) is 10.0 Å². The van der Waals surface area contributed by atoms with Crippen molar-refractivity contribution >= 4 is 46.5 Å². The van der Waals surface area contributed by atoms with Gasteiger partial charge in [0.25, 0.3) is 5.91 Å². The van der Waals surface area contributed by atoms with E-state index in [2.05, 4.69) is 15.6 Å². The normalized spacial score (nSPS) is 18.5. The largest absolute Gasteiger partial charge is 0.396 e. The summed E-state index contributed by atoms with van der Waals surface area (Å²) in [5.74, 6) is -0.500. The number of aliphatic hydroxyl groups excluding tert-OH is 1. The molecule has 0 spiro atoms. The number of nitrogens with one attached hydrogen (secondary N) is 2. The monoisotopic (exact) mass is 379 g/mol. The molecule has 1 heterocycles. The van der Waals surface area contributed by atoms with Gasteiger partial charge >= 0.3 is 0 Å². The molecule has 0 saturated heterocycles. The van der Waals surface area contributed by atoms with Crippen molar-refractivity contribution in [1.82, 2.24) is 4.98 Å². The first-order valence-corrected chi connectivity index (χ1v) is 8.38. The molecule has 3 N–H and O–H groups in total. The Hall–Kier alpha value is -2.15. The summed E-state index contributed by atoms with van der Waals surface area (Å²) in [6.07, 6.45) is 2.14. The zero-order chi connectivity index (χ0) is 18.0. The highest BCUT2D eigenvalue weighted by Crippen LogP contribution is 2.38. The van der Waals surface area contributed by atoms with E-state index in [0.29, 0.717) is 17.9 Å². The number of pyridine rings is 1. The van der Waals surface area contributed by atoms with Gasteiger partial charge in [-0.1, -0.05) is 29.3 Å². The number of carbonyl (C=O) groups excluding carboxylic acids is 2. The minimum atomic E-state index is -0.457. The van der Waals surface area contributed by atoms with Crippen LogP contribution < -0.4 is 10.6 Å². The first-order valence-electron chi connectivity index (χ1n) is 7.62. The smallest absolute Gasteiger partial charge is 0.258 e. The summed E-state index contributed by atoms with van der Waals surface area (Å²) in [5, 5.41) is 14.9.